The van der Waals surface area contributed by atoms with E-state index in [0.717, 1.165) is 10.9 Å². The van der Waals surface area contributed by atoms with Crippen molar-refractivity contribution in [2.45, 2.75) is 27.2 Å². The summed E-state index contributed by atoms with van der Waals surface area (Å²) in [4.78, 5) is 32.3. The molecule has 0 saturated carbocycles. The number of nitrogens with zero attached hydrogens (tertiary/aromatic N) is 2. The van der Waals surface area contributed by atoms with Gasteiger partial charge in [0.15, 0.2) is 0 Å². The Labute approximate surface area is 137 Å². The molecule has 2 aromatic heterocycles. The van der Waals surface area contributed by atoms with E-state index in [2.05, 4.69) is 15.3 Å². The number of esters is 1. The number of hydrogen-bond donors (Lipinski definition) is 2. The Bertz CT molecular complexity index is 727. The predicted octanol–water partition coefficient (Wildman–Crippen LogP) is 2.70. The van der Waals surface area contributed by atoms with Crippen LogP contribution >= 0.6 is 11.3 Å². The van der Waals surface area contributed by atoms with Gasteiger partial charge in [0.25, 0.3) is 0 Å². The molecule has 0 unspecified atom stereocenters. The fourth-order valence-corrected chi connectivity index (χ4v) is 3.04. The lowest BCUT2D eigenvalue weighted by molar-refractivity contribution is -0.136. The molecule has 2 N–H and O–H groups in total. The molecule has 0 bridgehead atoms. The first-order valence-electron chi connectivity index (χ1n) is 7.27. The third-order valence-corrected chi connectivity index (χ3v) is 4.27. The van der Waals surface area contributed by atoms with E-state index >= 15 is 0 Å². The molecule has 8 heteroatoms. The molecule has 124 valence electrons. The van der Waals surface area contributed by atoms with Gasteiger partial charge in [-0.2, -0.15) is 0 Å². The van der Waals surface area contributed by atoms with E-state index in [0.29, 0.717) is 22.1 Å². The number of fused-ring (bicyclic) bond motifs is 1. The highest BCUT2D eigenvalue weighted by molar-refractivity contribution is 7.20. The number of carbonyl (C=O) groups excluding carboxylic acids is 1. The summed E-state index contributed by atoms with van der Waals surface area (Å²) in [6, 6.07) is 0. The van der Waals surface area contributed by atoms with Gasteiger partial charge in [0, 0.05) is 6.54 Å². The number of carboxylic acid groups (broad SMARTS) is 1. The van der Waals surface area contributed by atoms with Crippen molar-refractivity contribution in [1.82, 2.24) is 9.97 Å². The van der Waals surface area contributed by atoms with Crippen LogP contribution < -0.4 is 5.32 Å². The van der Waals surface area contributed by atoms with Crippen molar-refractivity contribution in [3.05, 3.63) is 16.8 Å². The summed E-state index contributed by atoms with van der Waals surface area (Å²) in [5.74, 6) is -0.451. The minimum Gasteiger partial charge on any atom is -0.481 e. The summed E-state index contributed by atoms with van der Waals surface area (Å²) in [6.07, 6.45) is 1.38. The number of hydrogen-bond acceptors (Lipinski definition) is 7. The molecule has 7 nitrogen and oxygen atoms in total. The molecule has 0 aliphatic rings. The molecule has 0 aliphatic heterocycles. The van der Waals surface area contributed by atoms with Crippen LogP contribution in [0.15, 0.2) is 6.33 Å². The third-order valence-electron chi connectivity index (χ3n) is 3.09. The second-order valence-corrected chi connectivity index (χ2v) is 6.52. The number of rotatable bonds is 7. The van der Waals surface area contributed by atoms with Crippen molar-refractivity contribution in [3.8, 4) is 0 Å². The number of aliphatic carboxylic acids is 1. The lowest BCUT2D eigenvalue weighted by Crippen LogP contribution is -2.10. The Morgan fingerprint density at radius 1 is 1.39 bits per heavy atom. The molecular weight excluding hydrogens is 318 g/mol. The zero-order valence-electron chi connectivity index (χ0n) is 13.3. The number of ether oxygens (including phenoxy) is 1. The molecule has 0 fully saturated rings. The zero-order chi connectivity index (χ0) is 17.0. The third kappa shape index (κ3) is 4.16. The number of aromatic nitrogens is 2. The van der Waals surface area contributed by atoms with Gasteiger partial charge in [-0.15, -0.1) is 11.3 Å². The molecule has 0 aliphatic carbocycles. The van der Waals surface area contributed by atoms with Gasteiger partial charge in [-0.3, -0.25) is 4.79 Å². The molecule has 2 rings (SSSR count). The van der Waals surface area contributed by atoms with Gasteiger partial charge >= 0.3 is 11.9 Å². The van der Waals surface area contributed by atoms with E-state index in [-0.39, 0.29) is 24.9 Å². The van der Waals surface area contributed by atoms with Crippen molar-refractivity contribution >= 4 is 39.3 Å². The average Bonchev–Trinajstić information content (AvgIpc) is 2.82. The van der Waals surface area contributed by atoms with Crippen LogP contribution in [0.25, 0.3) is 10.2 Å². The van der Waals surface area contributed by atoms with Gasteiger partial charge in [-0.25, -0.2) is 14.8 Å². The number of carboxylic acids is 1. The normalized spacial score (nSPS) is 11.0. The standard InChI is InChI=1S/C15H19N3O4S/c1-8(2)6-22-15(21)12-9(3)11-13(16-5-4-10(19)20)17-7-18-14(11)23-12/h7-8H,4-6H2,1-3H3,(H,19,20)(H,16,17,18). The Balaban J connectivity index is 2.27. The first kappa shape index (κ1) is 17.1. The SMILES string of the molecule is Cc1c(C(=O)OCC(C)C)sc2ncnc(NCCC(=O)O)c12. The molecule has 0 aromatic carbocycles. The van der Waals surface area contributed by atoms with E-state index in [1.807, 2.05) is 20.8 Å². The zero-order valence-corrected chi connectivity index (χ0v) is 14.1. The molecule has 0 radical (unpaired) electrons. The van der Waals surface area contributed by atoms with Gasteiger partial charge in [-0.05, 0) is 18.4 Å². The van der Waals surface area contributed by atoms with E-state index in [4.69, 9.17) is 9.84 Å². The molecule has 2 heterocycles. The van der Waals surface area contributed by atoms with Crippen LogP contribution in [-0.4, -0.2) is 40.2 Å². The molecule has 0 saturated heterocycles. The smallest absolute Gasteiger partial charge is 0.348 e. The maximum absolute atomic E-state index is 12.2. The van der Waals surface area contributed by atoms with Crippen LogP contribution in [0, 0.1) is 12.8 Å². The monoisotopic (exact) mass is 337 g/mol. The number of nitrogens with one attached hydrogen (secondary N) is 1. The maximum Gasteiger partial charge on any atom is 0.348 e. The quantitative estimate of drug-likeness (QED) is 0.749. The number of aryl methyl sites for hydroxylation is 1. The topological polar surface area (TPSA) is 101 Å². The molecule has 23 heavy (non-hydrogen) atoms. The molecule has 2 aromatic rings. The lowest BCUT2D eigenvalue weighted by Gasteiger charge is -2.07. The summed E-state index contributed by atoms with van der Waals surface area (Å²) in [5.41, 5.74) is 0.747. The largest absolute Gasteiger partial charge is 0.481 e. The van der Waals surface area contributed by atoms with Gasteiger partial charge in [0.05, 0.1) is 18.4 Å². The van der Waals surface area contributed by atoms with Crippen molar-refractivity contribution in [2.75, 3.05) is 18.5 Å². The van der Waals surface area contributed by atoms with Crippen molar-refractivity contribution in [1.29, 1.82) is 0 Å². The van der Waals surface area contributed by atoms with Crippen LogP contribution in [0.4, 0.5) is 5.82 Å². The van der Waals surface area contributed by atoms with Crippen molar-refractivity contribution in [2.24, 2.45) is 5.92 Å². The van der Waals surface area contributed by atoms with Crippen molar-refractivity contribution in [3.63, 3.8) is 0 Å². The summed E-state index contributed by atoms with van der Waals surface area (Å²) in [7, 11) is 0. The fraction of sp³-hybridized carbons (Fsp3) is 0.467. The first-order valence-corrected chi connectivity index (χ1v) is 8.08. The Hall–Kier alpha value is -2.22. The average molecular weight is 337 g/mol. The van der Waals surface area contributed by atoms with Crippen LogP contribution in [0.2, 0.25) is 0 Å². The summed E-state index contributed by atoms with van der Waals surface area (Å²) < 4.78 is 5.28. The Morgan fingerprint density at radius 3 is 2.78 bits per heavy atom. The second-order valence-electron chi connectivity index (χ2n) is 5.52. The Kier molecular flexibility index (Phi) is 5.49. The van der Waals surface area contributed by atoms with E-state index in [1.165, 1.54) is 17.7 Å². The highest BCUT2D eigenvalue weighted by Crippen LogP contribution is 2.33. The first-order chi connectivity index (χ1) is 10.9. The highest BCUT2D eigenvalue weighted by Gasteiger charge is 2.20. The van der Waals surface area contributed by atoms with Crippen LogP contribution in [0.5, 0.6) is 0 Å². The lowest BCUT2D eigenvalue weighted by atomic mass is 10.2. The number of thiophene rings is 1. The molecule has 0 atom stereocenters. The molecular formula is C15H19N3O4S. The van der Waals surface area contributed by atoms with Gasteiger partial charge in [0.1, 0.15) is 21.9 Å². The minimum absolute atomic E-state index is 0.0159. The summed E-state index contributed by atoms with van der Waals surface area (Å²) in [5, 5.41) is 12.4. The molecule has 0 amide bonds. The number of carbonyl (C=O) groups is 2. The fourth-order valence-electron chi connectivity index (χ4n) is 2.00. The van der Waals surface area contributed by atoms with E-state index < -0.39 is 5.97 Å². The molecule has 0 spiro atoms. The summed E-state index contributed by atoms with van der Waals surface area (Å²) in [6.45, 7) is 6.38. The van der Waals surface area contributed by atoms with Gasteiger partial charge in [-0.1, -0.05) is 13.8 Å². The Morgan fingerprint density at radius 2 is 2.13 bits per heavy atom. The predicted molar refractivity (Wildman–Crippen MR) is 88.0 cm³/mol. The minimum atomic E-state index is -0.886. The maximum atomic E-state index is 12.2. The van der Waals surface area contributed by atoms with E-state index in [1.54, 1.807) is 0 Å². The summed E-state index contributed by atoms with van der Waals surface area (Å²) >= 11 is 1.26. The second kappa shape index (κ2) is 7.36. The van der Waals surface area contributed by atoms with Gasteiger partial charge in [0.2, 0.25) is 0 Å². The van der Waals surface area contributed by atoms with E-state index in [9.17, 15) is 9.59 Å². The number of anilines is 1. The van der Waals surface area contributed by atoms with Crippen LogP contribution in [-0.2, 0) is 9.53 Å². The highest BCUT2D eigenvalue weighted by atomic mass is 32.1. The van der Waals surface area contributed by atoms with Gasteiger partial charge < -0.3 is 15.2 Å². The van der Waals surface area contributed by atoms with Crippen LogP contribution in [0.1, 0.15) is 35.5 Å². The van der Waals surface area contributed by atoms with Crippen LogP contribution in [0.3, 0.4) is 0 Å². The van der Waals surface area contributed by atoms with Crippen molar-refractivity contribution < 1.29 is 19.4 Å².